The van der Waals surface area contributed by atoms with Crippen LogP contribution in [-0.2, 0) is 10.8 Å². The molecule has 314 valence electrons. The third kappa shape index (κ3) is 5.59. The molecule has 0 fully saturated rings. The third-order valence-corrected chi connectivity index (χ3v) is 15.4. The van der Waals surface area contributed by atoms with Crippen LogP contribution < -0.4 is 0 Å². The van der Waals surface area contributed by atoms with E-state index in [0.29, 0.717) is 0 Å². The van der Waals surface area contributed by atoms with Crippen molar-refractivity contribution in [3.8, 4) is 61.3 Å². The molecule has 0 saturated heterocycles. The number of aromatic nitrogens is 1. The van der Waals surface area contributed by atoms with Gasteiger partial charge in [-0.3, -0.25) is 0 Å². The zero-order chi connectivity index (χ0) is 44.6. The molecule has 0 atom stereocenters. The van der Waals surface area contributed by atoms with E-state index in [9.17, 15) is 0 Å². The van der Waals surface area contributed by atoms with Gasteiger partial charge < -0.3 is 4.57 Å². The molecule has 13 rings (SSSR count). The second kappa shape index (κ2) is 13.9. The number of nitrogens with zero attached hydrogens (tertiary/aromatic N) is 1. The molecule has 9 aromatic carbocycles. The zero-order valence-electron chi connectivity index (χ0n) is 38.1. The Bertz CT molecular complexity index is 3750. The Morgan fingerprint density at radius 3 is 1.70 bits per heavy atom. The smallest absolute Gasteiger partial charge is 0.0541 e. The van der Waals surface area contributed by atoms with Crippen molar-refractivity contribution in [2.75, 3.05) is 0 Å². The van der Waals surface area contributed by atoms with Gasteiger partial charge in [0.15, 0.2) is 0 Å². The minimum Gasteiger partial charge on any atom is -0.309 e. The Morgan fingerprint density at radius 1 is 0.379 bits per heavy atom. The largest absolute Gasteiger partial charge is 0.309 e. The standard InChI is InChI=1S/C65H49N/c1-39-15-29-51-56-37-54-40(2)53-34-45(26-30-48(53)55(54)38-61(56)65(5,6)59(51)33-39)43-22-18-41(19-23-43)16-17-42-20-24-44(25-21-42)46-27-32-63-57(35-46)52-12-8-10-14-62(52)66(63)47-28-31-50-49-11-7-9-13-58(49)64(3,4)60(50)36-47/h7-38H,2H2,1,3-6H3/b17-16+. The molecule has 0 amide bonds. The normalized spacial score (nSPS) is 14.7. The first-order chi connectivity index (χ1) is 32.0. The van der Waals surface area contributed by atoms with E-state index in [-0.39, 0.29) is 10.8 Å². The van der Waals surface area contributed by atoms with Gasteiger partial charge in [-0.25, -0.2) is 0 Å². The second-order valence-electron chi connectivity index (χ2n) is 19.9. The fourth-order valence-electron chi connectivity index (χ4n) is 11.7. The molecule has 66 heavy (non-hydrogen) atoms. The quantitative estimate of drug-likeness (QED) is 0.152. The summed E-state index contributed by atoms with van der Waals surface area (Å²) in [6, 6.07) is 68.2. The van der Waals surface area contributed by atoms with Gasteiger partial charge in [-0.15, -0.1) is 0 Å². The highest BCUT2D eigenvalue weighted by Gasteiger charge is 2.38. The average molecular weight is 844 g/mol. The molecule has 0 radical (unpaired) electrons. The molecular formula is C65H49N. The lowest BCUT2D eigenvalue weighted by atomic mass is 9.81. The number of rotatable bonds is 5. The molecule has 0 bridgehead atoms. The van der Waals surface area contributed by atoms with Crippen molar-refractivity contribution in [3.05, 3.63) is 239 Å². The monoisotopic (exact) mass is 843 g/mol. The van der Waals surface area contributed by atoms with Crippen LogP contribution >= 0.6 is 0 Å². The van der Waals surface area contributed by atoms with Gasteiger partial charge in [0.2, 0.25) is 0 Å². The molecule has 0 unspecified atom stereocenters. The number of hydrogen-bond donors (Lipinski definition) is 0. The summed E-state index contributed by atoms with van der Waals surface area (Å²) in [5.41, 5.74) is 29.3. The maximum atomic E-state index is 4.63. The molecule has 3 aliphatic rings. The number of para-hydroxylation sites is 1. The van der Waals surface area contributed by atoms with Crippen LogP contribution in [-0.4, -0.2) is 4.57 Å². The van der Waals surface area contributed by atoms with E-state index in [1.165, 1.54) is 133 Å². The highest BCUT2D eigenvalue weighted by molar-refractivity contribution is 6.11. The van der Waals surface area contributed by atoms with Gasteiger partial charge >= 0.3 is 0 Å². The molecule has 1 heteroatoms. The first-order valence-corrected chi connectivity index (χ1v) is 23.3. The van der Waals surface area contributed by atoms with Gasteiger partial charge in [0.1, 0.15) is 0 Å². The van der Waals surface area contributed by atoms with Crippen LogP contribution in [0.15, 0.2) is 189 Å². The SMILES string of the molecule is C=C1c2cc(-c3ccc(/C=C/c4ccc(-c5ccc6c(c5)c5ccccc5n6-c5ccc6c(c5)C(C)(C)c5ccccc5-6)cc4)cc3)ccc2-c2cc3c(cc21)-c1ccc(C)cc1C3(C)C. The molecular weight excluding hydrogens is 795 g/mol. The van der Waals surface area contributed by atoms with Crippen LogP contribution in [0.2, 0.25) is 0 Å². The zero-order valence-corrected chi connectivity index (χ0v) is 38.1. The molecule has 0 spiro atoms. The predicted molar refractivity (Wildman–Crippen MR) is 280 cm³/mol. The van der Waals surface area contributed by atoms with Gasteiger partial charge in [0, 0.05) is 27.3 Å². The van der Waals surface area contributed by atoms with Crippen LogP contribution in [0.3, 0.4) is 0 Å². The molecule has 0 aliphatic heterocycles. The minimum absolute atomic E-state index is 0.0350. The highest BCUT2D eigenvalue weighted by atomic mass is 15.0. The molecule has 1 nitrogen and oxygen atoms in total. The summed E-state index contributed by atoms with van der Waals surface area (Å²) < 4.78 is 2.45. The summed E-state index contributed by atoms with van der Waals surface area (Å²) >= 11 is 0. The predicted octanol–water partition coefficient (Wildman–Crippen LogP) is 17.3. The lowest BCUT2D eigenvalue weighted by molar-refractivity contribution is 0.660. The first-order valence-electron chi connectivity index (χ1n) is 23.3. The molecule has 1 heterocycles. The molecule has 0 saturated carbocycles. The third-order valence-electron chi connectivity index (χ3n) is 15.4. The van der Waals surface area contributed by atoms with E-state index < -0.39 is 0 Å². The van der Waals surface area contributed by atoms with Crippen molar-refractivity contribution >= 4 is 39.5 Å². The highest BCUT2D eigenvalue weighted by Crippen LogP contribution is 2.55. The van der Waals surface area contributed by atoms with Crippen molar-refractivity contribution in [2.45, 2.75) is 45.4 Å². The summed E-state index contributed by atoms with van der Waals surface area (Å²) in [7, 11) is 0. The fourth-order valence-corrected chi connectivity index (χ4v) is 11.7. The van der Waals surface area contributed by atoms with Gasteiger partial charge in [0.05, 0.1) is 11.0 Å². The Kier molecular flexibility index (Phi) is 8.14. The van der Waals surface area contributed by atoms with Crippen LogP contribution in [0.5, 0.6) is 0 Å². The maximum absolute atomic E-state index is 4.63. The summed E-state index contributed by atoms with van der Waals surface area (Å²) in [5.74, 6) is 0. The fraction of sp³-hybridized carbons (Fsp3) is 0.108. The summed E-state index contributed by atoms with van der Waals surface area (Å²) in [5, 5.41) is 2.53. The first kappa shape index (κ1) is 38.7. The lowest BCUT2D eigenvalue weighted by Crippen LogP contribution is -2.15. The molecule has 0 N–H and O–H groups in total. The van der Waals surface area contributed by atoms with Crippen molar-refractivity contribution < 1.29 is 0 Å². The summed E-state index contributed by atoms with van der Waals surface area (Å²) in [6.07, 6.45) is 4.42. The number of hydrogen-bond acceptors (Lipinski definition) is 0. The van der Waals surface area contributed by atoms with Crippen LogP contribution in [0, 0.1) is 6.92 Å². The van der Waals surface area contributed by atoms with E-state index in [2.05, 4.69) is 240 Å². The summed E-state index contributed by atoms with van der Waals surface area (Å²) in [4.78, 5) is 0. The van der Waals surface area contributed by atoms with Gasteiger partial charge in [-0.2, -0.15) is 0 Å². The van der Waals surface area contributed by atoms with Gasteiger partial charge in [0.25, 0.3) is 0 Å². The van der Waals surface area contributed by atoms with E-state index in [1.807, 2.05) is 0 Å². The molecule has 3 aliphatic carbocycles. The van der Waals surface area contributed by atoms with Crippen LogP contribution in [0.4, 0.5) is 0 Å². The van der Waals surface area contributed by atoms with Crippen molar-refractivity contribution in [3.63, 3.8) is 0 Å². The van der Waals surface area contributed by atoms with Crippen LogP contribution in [0.1, 0.15) is 77.8 Å². The number of fused-ring (bicyclic) bond motifs is 12. The van der Waals surface area contributed by atoms with Gasteiger partial charge in [-0.1, -0.05) is 185 Å². The number of aryl methyl sites for hydroxylation is 1. The Labute approximate surface area is 387 Å². The van der Waals surface area contributed by atoms with Crippen LogP contribution in [0.25, 0.3) is 101 Å². The summed E-state index contributed by atoms with van der Waals surface area (Å²) in [6.45, 7) is 16.3. The minimum atomic E-state index is -0.0541. The molecule has 1 aromatic heterocycles. The number of benzene rings is 9. The second-order valence-corrected chi connectivity index (χ2v) is 19.9. The molecule has 10 aromatic rings. The van der Waals surface area contributed by atoms with Crippen molar-refractivity contribution in [1.82, 2.24) is 4.57 Å². The topological polar surface area (TPSA) is 4.93 Å². The van der Waals surface area contributed by atoms with E-state index in [1.54, 1.807) is 0 Å². The van der Waals surface area contributed by atoms with Gasteiger partial charge in [-0.05, 0) is 161 Å². The van der Waals surface area contributed by atoms with Crippen molar-refractivity contribution in [1.29, 1.82) is 0 Å². The lowest BCUT2D eigenvalue weighted by Gasteiger charge is -2.22. The van der Waals surface area contributed by atoms with Crippen molar-refractivity contribution in [2.24, 2.45) is 0 Å². The maximum Gasteiger partial charge on any atom is 0.0541 e. The Hall–Kier alpha value is -7.74. The van der Waals surface area contributed by atoms with E-state index in [4.69, 9.17) is 0 Å². The Balaban J connectivity index is 0.742. The Morgan fingerprint density at radius 2 is 0.924 bits per heavy atom. The van der Waals surface area contributed by atoms with E-state index >= 15 is 0 Å². The van der Waals surface area contributed by atoms with E-state index in [0.717, 1.165) is 5.57 Å². The average Bonchev–Trinajstić information content (AvgIpc) is 3.97.